The molecule has 1 atom stereocenters. The molecule has 3 N–H and O–H groups in total. The molecule has 148 valence electrons. The summed E-state index contributed by atoms with van der Waals surface area (Å²) in [7, 11) is -3.49. The molecule has 1 fully saturated rings. The van der Waals surface area contributed by atoms with Crippen molar-refractivity contribution in [2.24, 2.45) is 4.99 Å². The summed E-state index contributed by atoms with van der Waals surface area (Å²) >= 11 is 0. The Morgan fingerprint density at radius 1 is 1.28 bits per heavy atom. The van der Waals surface area contributed by atoms with Gasteiger partial charge < -0.3 is 15.4 Å². The second kappa shape index (κ2) is 10.8. The Balaban J connectivity index is 2.33. The first-order valence-corrected chi connectivity index (χ1v) is 10.0. The highest BCUT2D eigenvalue weighted by molar-refractivity contribution is 7.89. The summed E-state index contributed by atoms with van der Waals surface area (Å²) in [5.41, 5.74) is 0. The summed E-state index contributed by atoms with van der Waals surface area (Å²) in [6, 6.07) is 0. The molecule has 0 saturated carbocycles. The maximum absolute atomic E-state index is 12.1. The first kappa shape index (κ1) is 22.0. The Morgan fingerprint density at radius 3 is 2.64 bits per heavy atom. The molecule has 1 aliphatic rings. The quantitative estimate of drug-likeness (QED) is 0.405. The fourth-order valence-electron chi connectivity index (χ4n) is 2.20. The van der Waals surface area contributed by atoms with Crippen LogP contribution in [0.3, 0.4) is 0 Å². The number of nitrogens with one attached hydrogen (secondary N) is 3. The normalized spacial score (nSPS) is 19.7. The van der Waals surface area contributed by atoms with Gasteiger partial charge in [-0.1, -0.05) is 0 Å². The van der Waals surface area contributed by atoms with Crippen LogP contribution in [-0.4, -0.2) is 65.2 Å². The van der Waals surface area contributed by atoms with E-state index in [0.29, 0.717) is 13.2 Å². The Kier molecular flexibility index (Phi) is 9.51. The monoisotopic (exact) mass is 388 g/mol. The number of halogens is 3. The van der Waals surface area contributed by atoms with Crippen LogP contribution in [0.5, 0.6) is 0 Å². The van der Waals surface area contributed by atoms with Crippen LogP contribution in [0.15, 0.2) is 4.99 Å². The molecule has 0 aromatic heterocycles. The highest BCUT2D eigenvalue weighted by Gasteiger charge is 2.26. The largest absolute Gasteiger partial charge is 0.390 e. The summed E-state index contributed by atoms with van der Waals surface area (Å²) in [6.45, 7) is 2.74. The van der Waals surface area contributed by atoms with E-state index in [1.807, 2.05) is 0 Å². The van der Waals surface area contributed by atoms with Crippen molar-refractivity contribution in [3.05, 3.63) is 0 Å². The van der Waals surface area contributed by atoms with Crippen molar-refractivity contribution in [2.75, 3.05) is 38.5 Å². The highest BCUT2D eigenvalue weighted by Crippen LogP contribution is 2.18. The van der Waals surface area contributed by atoms with Crippen LogP contribution >= 0.6 is 0 Å². The summed E-state index contributed by atoms with van der Waals surface area (Å²) in [5, 5.41) is 5.50. The van der Waals surface area contributed by atoms with E-state index >= 15 is 0 Å². The van der Waals surface area contributed by atoms with Gasteiger partial charge in [0.25, 0.3) is 0 Å². The summed E-state index contributed by atoms with van der Waals surface area (Å²) in [6.07, 6.45) is -2.54. The third-order valence-electron chi connectivity index (χ3n) is 3.48. The van der Waals surface area contributed by atoms with Gasteiger partial charge in [-0.25, -0.2) is 13.1 Å². The second-order valence-electron chi connectivity index (χ2n) is 5.71. The van der Waals surface area contributed by atoms with E-state index in [1.54, 1.807) is 6.92 Å². The number of ether oxygens (including phenoxy) is 1. The van der Waals surface area contributed by atoms with Gasteiger partial charge in [-0.05, 0) is 26.2 Å². The summed E-state index contributed by atoms with van der Waals surface area (Å²) in [4.78, 5) is 3.78. The Labute approximate surface area is 146 Å². The number of guanidine groups is 1. The minimum Gasteiger partial charge on any atom is -0.377 e. The van der Waals surface area contributed by atoms with E-state index < -0.39 is 29.2 Å². The Hall–Kier alpha value is -1.07. The fraction of sp³-hybridized carbons (Fsp3) is 0.929. The number of sulfonamides is 1. The number of nitrogens with zero attached hydrogens (tertiary/aromatic N) is 1. The van der Waals surface area contributed by atoms with Gasteiger partial charge in [0.15, 0.2) is 5.96 Å². The standard InChI is InChI=1S/C14H27F3N4O3S/c1-2-18-13(19-7-6-14(15,16)17)20-8-10-25(22,23)21-11-12-5-3-4-9-24-12/h12,21H,2-11H2,1H3,(H2,18,19,20). The molecule has 11 heteroatoms. The van der Waals surface area contributed by atoms with Gasteiger partial charge in [-0.2, -0.15) is 13.2 Å². The second-order valence-corrected chi connectivity index (χ2v) is 7.63. The van der Waals surface area contributed by atoms with E-state index in [0.717, 1.165) is 19.3 Å². The third-order valence-corrected chi connectivity index (χ3v) is 4.83. The molecule has 0 aliphatic carbocycles. The summed E-state index contributed by atoms with van der Waals surface area (Å²) in [5.74, 6) is -0.0405. The number of alkyl halides is 3. The molecular formula is C14H27F3N4O3S. The molecule has 1 unspecified atom stereocenters. The van der Waals surface area contributed by atoms with Crippen molar-refractivity contribution in [1.29, 1.82) is 0 Å². The lowest BCUT2D eigenvalue weighted by Crippen LogP contribution is -2.42. The smallest absolute Gasteiger partial charge is 0.377 e. The maximum Gasteiger partial charge on any atom is 0.390 e. The molecule has 0 amide bonds. The molecular weight excluding hydrogens is 361 g/mol. The number of aliphatic imine (C=N–C) groups is 1. The van der Waals surface area contributed by atoms with Crippen molar-refractivity contribution in [2.45, 2.75) is 44.9 Å². The molecule has 0 spiro atoms. The van der Waals surface area contributed by atoms with E-state index in [-0.39, 0.29) is 30.9 Å². The predicted molar refractivity (Wildman–Crippen MR) is 90.0 cm³/mol. The lowest BCUT2D eigenvalue weighted by molar-refractivity contribution is -0.132. The maximum atomic E-state index is 12.1. The average Bonchev–Trinajstić information content (AvgIpc) is 2.53. The molecule has 1 rings (SSSR count). The van der Waals surface area contributed by atoms with Gasteiger partial charge in [0.1, 0.15) is 0 Å². The molecule has 25 heavy (non-hydrogen) atoms. The molecule has 7 nitrogen and oxygen atoms in total. The molecule has 0 aromatic carbocycles. The van der Waals surface area contributed by atoms with Crippen LogP contribution in [0.2, 0.25) is 0 Å². The Morgan fingerprint density at radius 2 is 2.04 bits per heavy atom. The molecule has 0 aromatic rings. The molecule has 1 heterocycles. The van der Waals surface area contributed by atoms with Crippen LogP contribution < -0.4 is 15.4 Å². The SMILES string of the molecule is CCNC(=NCCC(F)(F)F)NCCS(=O)(=O)NCC1CCCCO1. The van der Waals surface area contributed by atoms with Crippen molar-refractivity contribution in [1.82, 2.24) is 15.4 Å². The van der Waals surface area contributed by atoms with Gasteiger partial charge in [0.05, 0.1) is 24.8 Å². The molecule has 0 bridgehead atoms. The third kappa shape index (κ3) is 11.2. The predicted octanol–water partition coefficient (Wildman–Crippen LogP) is 0.982. The minimum atomic E-state index is -4.27. The van der Waals surface area contributed by atoms with Crippen molar-refractivity contribution < 1.29 is 26.3 Å². The minimum absolute atomic E-state index is 0.0404. The van der Waals surface area contributed by atoms with Gasteiger partial charge in [-0.3, -0.25) is 4.99 Å². The molecule has 1 aliphatic heterocycles. The van der Waals surface area contributed by atoms with Gasteiger partial charge in [-0.15, -0.1) is 0 Å². The average molecular weight is 388 g/mol. The Bertz CT molecular complexity index is 506. The lowest BCUT2D eigenvalue weighted by Gasteiger charge is -2.22. The van der Waals surface area contributed by atoms with Crippen LogP contribution in [0, 0.1) is 0 Å². The van der Waals surface area contributed by atoms with E-state index in [1.165, 1.54) is 0 Å². The van der Waals surface area contributed by atoms with E-state index in [4.69, 9.17) is 4.74 Å². The van der Waals surface area contributed by atoms with Crippen LogP contribution in [-0.2, 0) is 14.8 Å². The van der Waals surface area contributed by atoms with Crippen molar-refractivity contribution >= 4 is 16.0 Å². The number of rotatable bonds is 9. The van der Waals surface area contributed by atoms with Crippen LogP contribution in [0.25, 0.3) is 0 Å². The van der Waals surface area contributed by atoms with Crippen LogP contribution in [0.1, 0.15) is 32.6 Å². The highest BCUT2D eigenvalue weighted by atomic mass is 32.2. The number of hydrogen-bond donors (Lipinski definition) is 3. The van der Waals surface area contributed by atoms with Gasteiger partial charge in [0, 0.05) is 26.2 Å². The van der Waals surface area contributed by atoms with Crippen molar-refractivity contribution in [3.63, 3.8) is 0 Å². The van der Waals surface area contributed by atoms with E-state index in [2.05, 4.69) is 20.3 Å². The zero-order valence-electron chi connectivity index (χ0n) is 14.4. The lowest BCUT2D eigenvalue weighted by atomic mass is 10.1. The molecule has 0 radical (unpaired) electrons. The van der Waals surface area contributed by atoms with E-state index in [9.17, 15) is 21.6 Å². The zero-order chi connectivity index (χ0) is 18.8. The van der Waals surface area contributed by atoms with Crippen molar-refractivity contribution in [3.8, 4) is 0 Å². The van der Waals surface area contributed by atoms with Gasteiger partial charge >= 0.3 is 6.18 Å². The van der Waals surface area contributed by atoms with Crippen LogP contribution in [0.4, 0.5) is 13.2 Å². The first-order chi connectivity index (χ1) is 11.7. The van der Waals surface area contributed by atoms with Gasteiger partial charge in [0.2, 0.25) is 10.0 Å². The fourth-order valence-corrected chi connectivity index (χ4v) is 3.16. The zero-order valence-corrected chi connectivity index (χ0v) is 15.2. The molecule has 1 saturated heterocycles. The topological polar surface area (TPSA) is 91.8 Å². The first-order valence-electron chi connectivity index (χ1n) is 8.40. The number of hydrogen-bond acceptors (Lipinski definition) is 4. The summed E-state index contributed by atoms with van der Waals surface area (Å²) < 4.78 is 68.2.